The van der Waals surface area contributed by atoms with Crippen molar-refractivity contribution in [2.75, 3.05) is 5.32 Å². The Bertz CT molecular complexity index is 778. The molecule has 0 unspecified atom stereocenters. The molecular weight excluding hydrogens is 264 g/mol. The third-order valence-corrected chi connectivity index (χ3v) is 3.17. The Labute approximate surface area is 122 Å². The molecule has 3 aromatic rings. The first-order valence-corrected chi connectivity index (χ1v) is 6.74. The maximum absolute atomic E-state index is 12.4. The number of amides is 1. The van der Waals surface area contributed by atoms with Crippen LogP contribution in [0.2, 0.25) is 0 Å². The van der Waals surface area contributed by atoms with Gasteiger partial charge in [0.15, 0.2) is 0 Å². The first kappa shape index (κ1) is 13.2. The lowest BCUT2D eigenvalue weighted by Gasteiger charge is -2.07. The second-order valence-electron chi connectivity index (χ2n) is 4.58. The van der Waals surface area contributed by atoms with Crippen molar-refractivity contribution >= 4 is 22.4 Å². The van der Waals surface area contributed by atoms with E-state index in [2.05, 4.69) is 20.3 Å². The summed E-state index contributed by atoms with van der Waals surface area (Å²) in [5.41, 5.74) is 0.958. The van der Waals surface area contributed by atoms with Gasteiger partial charge in [-0.15, -0.1) is 0 Å². The first-order chi connectivity index (χ1) is 10.3. The molecule has 1 aromatic carbocycles. The molecule has 21 heavy (non-hydrogen) atoms. The summed E-state index contributed by atoms with van der Waals surface area (Å²) in [5.74, 6) is 0.482. The molecule has 5 nitrogen and oxygen atoms in total. The van der Waals surface area contributed by atoms with Crippen molar-refractivity contribution < 1.29 is 4.79 Å². The largest absolute Gasteiger partial charge is 0.318 e. The molecule has 0 bridgehead atoms. The predicted octanol–water partition coefficient (Wildman–Crippen LogP) is 2.84. The van der Waals surface area contributed by atoms with Gasteiger partial charge in [0.05, 0.1) is 18.1 Å². The van der Waals surface area contributed by atoms with Gasteiger partial charge in [-0.2, -0.15) is 0 Å². The van der Waals surface area contributed by atoms with Gasteiger partial charge < -0.3 is 5.32 Å². The highest BCUT2D eigenvalue weighted by Gasteiger charge is 2.11. The van der Waals surface area contributed by atoms with E-state index in [9.17, 15) is 4.79 Å². The zero-order valence-corrected chi connectivity index (χ0v) is 11.6. The average molecular weight is 278 g/mol. The fraction of sp³-hybridized carbons (Fsp3) is 0.125. The number of fused-ring (bicyclic) bond motifs is 1. The number of benzene rings is 1. The van der Waals surface area contributed by atoms with E-state index in [0.717, 1.165) is 23.0 Å². The van der Waals surface area contributed by atoms with E-state index in [1.807, 2.05) is 37.3 Å². The number of aryl methyl sites for hydroxylation is 1. The van der Waals surface area contributed by atoms with Crippen LogP contribution in [0.4, 0.5) is 5.69 Å². The molecule has 2 heterocycles. The number of nitrogens with zero attached hydrogens (tertiary/aromatic N) is 3. The Morgan fingerprint density at radius 1 is 1.10 bits per heavy atom. The third-order valence-electron chi connectivity index (χ3n) is 3.17. The average Bonchev–Trinajstić information content (AvgIpc) is 2.55. The van der Waals surface area contributed by atoms with Gasteiger partial charge in [0, 0.05) is 18.0 Å². The number of hydrogen-bond donors (Lipinski definition) is 1. The summed E-state index contributed by atoms with van der Waals surface area (Å²) in [6.07, 6.45) is 5.61. The van der Waals surface area contributed by atoms with Crippen LogP contribution in [0, 0.1) is 0 Å². The number of carbonyl (C=O) groups is 1. The molecule has 5 heteroatoms. The fourth-order valence-corrected chi connectivity index (χ4v) is 2.09. The zero-order chi connectivity index (χ0) is 14.7. The summed E-state index contributed by atoms with van der Waals surface area (Å²) in [4.78, 5) is 24.9. The van der Waals surface area contributed by atoms with Gasteiger partial charge >= 0.3 is 0 Å². The van der Waals surface area contributed by atoms with Crippen LogP contribution in [0.15, 0.2) is 48.9 Å². The normalized spacial score (nSPS) is 10.5. The number of pyridine rings is 1. The molecule has 0 radical (unpaired) electrons. The van der Waals surface area contributed by atoms with Crippen LogP contribution in [0.1, 0.15) is 23.2 Å². The minimum Gasteiger partial charge on any atom is -0.318 e. The quantitative estimate of drug-likeness (QED) is 0.800. The van der Waals surface area contributed by atoms with Gasteiger partial charge in [-0.3, -0.25) is 9.78 Å². The molecule has 1 N–H and O–H groups in total. The van der Waals surface area contributed by atoms with Crippen LogP contribution in [0.25, 0.3) is 10.8 Å². The Morgan fingerprint density at radius 3 is 2.62 bits per heavy atom. The molecule has 0 saturated carbocycles. The monoisotopic (exact) mass is 278 g/mol. The van der Waals surface area contributed by atoms with Gasteiger partial charge in [0.1, 0.15) is 11.5 Å². The highest BCUT2D eigenvalue weighted by atomic mass is 16.1. The predicted molar refractivity (Wildman–Crippen MR) is 81.1 cm³/mol. The number of rotatable bonds is 3. The minimum atomic E-state index is -0.264. The third kappa shape index (κ3) is 2.72. The van der Waals surface area contributed by atoms with Crippen molar-refractivity contribution in [1.82, 2.24) is 15.0 Å². The Hall–Kier alpha value is -2.82. The fourth-order valence-electron chi connectivity index (χ4n) is 2.09. The van der Waals surface area contributed by atoms with E-state index in [1.165, 1.54) is 0 Å². The number of carbonyl (C=O) groups excluding carboxylic acids is 1. The second-order valence-corrected chi connectivity index (χ2v) is 4.58. The van der Waals surface area contributed by atoms with Gasteiger partial charge in [-0.05, 0) is 11.5 Å². The summed E-state index contributed by atoms with van der Waals surface area (Å²) in [5, 5.41) is 4.58. The summed E-state index contributed by atoms with van der Waals surface area (Å²) >= 11 is 0. The van der Waals surface area contributed by atoms with Crippen LogP contribution in [-0.4, -0.2) is 20.9 Å². The van der Waals surface area contributed by atoms with Crippen molar-refractivity contribution in [2.24, 2.45) is 0 Å². The van der Waals surface area contributed by atoms with Crippen LogP contribution in [0.5, 0.6) is 0 Å². The van der Waals surface area contributed by atoms with Crippen LogP contribution in [0.3, 0.4) is 0 Å². The number of nitrogens with one attached hydrogen (secondary N) is 1. The summed E-state index contributed by atoms with van der Waals surface area (Å²) < 4.78 is 0. The van der Waals surface area contributed by atoms with Crippen molar-refractivity contribution in [1.29, 1.82) is 0 Å². The Kier molecular flexibility index (Phi) is 3.55. The van der Waals surface area contributed by atoms with E-state index in [-0.39, 0.29) is 5.91 Å². The van der Waals surface area contributed by atoms with Crippen LogP contribution >= 0.6 is 0 Å². The van der Waals surface area contributed by atoms with Crippen molar-refractivity contribution in [3.8, 4) is 0 Å². The lowest BCUT2D eigenvalue weighted by atomic mass is 10.1. The maximum atomic E-state index is 12.4. The molecule has 0 atom stereocenters. The molecule has 0 aliphatic heterocycles. The molecule has 0 aliphatic rings. The lowest BCUT2D eigenvalue weighted by Crippen LogP contribution is -2.14. The Morgan fingerprint density at radius 2 is 1.86 bits per heavy atom. The molecule has 0 spiro atoms. The molecule has 0 fully saturated rings. The van der Waals surface area contributed by atoms with Crippen molar-refractivity contribution in [3.05, 3.63) is 60.4 Å². The van der Waals surface area contributed by atoms with Gasteiger partial charge in [0.2, 0.25) is 0 Å². The topological polar surface area (TPSA) is 67.8 Å². The highest BCUT2D eigenvalue weighted by Crippen LogP contribution is 2.17. The SMILES string of the molecule is CCc1ncc(NC(=O)c2nccc3ccccc23)cn1. The molecular formula is C16H14N4O. The Balaban J connectivity index is 1.90. The van der Waals surface area contributed by atoms with Gasteiger partial charge in [0.25, 0.3) is 5.91 Å². The minimum absolute atomic E-state index is 0.264. The van der Waals surface area contributed by atoms with E-state index in [0.29, 0.717) is 11.4 Å². The highest BCUT2D eigenvalue weighted by molar-refractivity contribution is 6.11. The smallest absolute Gasteiger partial charge is 0.274 e. The molecule has 2 aromatic heterocycles. The first-order valence-electron chi connectivity index (χ1n) is 6.74. The van der Waals surface area contributed by atoms with Crippen LogP contribution in [-0.2, 0) is 6.42 Å². The standard InChI is InChI=1S/C16H14N4O/c1-2-14-18-9-12(10-19-14)20-16(21)15-13-6-4-3-5-11(13)7-8-17-15/h3-10H,2H2,1H3,(H,20,21). The summed E-state index contributed by atoms with van der Waals surface area (Å²) in [6, 6.07) is 9.54. The number of aromatic nitrogens is 3. The zero-order valence-electron chi connectivity index (χ0n) is 11.6. The number of anilines is 1. The van der Waals surface area contributed by atoms with E-state index in [1.54, 1.807) is 18.6 Å². The molecule has 104 valence electrons. The van der Waals surface area contributed by atoms with Gasteiger partial charge in [-0.25, -0.2) is 9.97 Å². The number of hydrogen-bond acceptors (Lipinski definition) is 4. The maximum Gasteiger partial charge on any atom is 0.274 e. The van der Waals surface area contributed by atoms with E-state index >= 15 is 0 Å². The molecule has 1 amide bonds. The summed E-state index contributed by atoms with van der Waals surface area (Å²) in [7, 11) is 0. The second kappa shape index (κ2) is 5.66. The van der Waals surface area contributed by atoms with Crippen LogP contribution < -0.4 is 5.32 Å². The van der Waals surface area contributed by atoms with Crippen molar-refractivity contribution in [3.63, 3.8) is 0 Å². The molecule has 0 aliphatic carbocycles. The van der Waals surface area contributed by atoms with E-state index < -0.39 is 0 Å². The van der Waals surface area contributed by atoms with Crippen molar-refractivity contribution in [2.45, 2.75) is 13.3 Å². The summed E-state index contributed by atoms with van der Waals surface area (Å²) in [6.45, 7) is 1.98. The lowest BCUT2D eigenvalue weighted by molar-refractivity contribution is 0.102. The van der Waals surface area contributed by atoms with E-state index in [4.69, 9.17) is 0 Å². The molecule has 3 rings (SSSR count). The molecule has 0 saturated heterocycles. The van der Waals surface area contributed by atoms with Gasteiger partial charge in [-0.1, -0.05) is 31.2 Å².